The summed E-state index contributed by atoms with van der Waals surface area (Å²) < 4.78 is 4.79. The summed E-state index contributed by atoms with van der Waals surface area (Å²) >= 11 is 0. The number of rotatable bonds is 3. The van der Waals surface area contributed by atoms with Crippen LogP contribution in [-0.2, 0) is 9.53 Å². The zero-order valence-corrected chi connectivity index (χ0v) is 14.1. The lowest BCUT2D eigenvalue weighted by Crippen LogP contribution is -2.50. The van der Waals surface area contributed by atoms with Crippen LogP contribution in [0.4, 0.5) is 4.79 Å². The van der Waals surface area contributed by atoms with Crippen LogP contribution >= 0.6 is 0 Å². The third kappa shape index (κ3) is 4.62. The van der Waals surface area contributed by atoms with Crippen LogP contribution in [-0.4, -0.2) is 31.2 Å². The molecule has 2 aliphatic carbocycles. The predicted octanol–water partition coefficient (Wildman–Crippen LogP) is 2.84. The van der Waals surface area contributed by atoms with Crippen LogP contribution in [0, 0.1) is 17.8 Å². The number of methoxy groups -OCH3 is 1. The maximum atomic E-state index is 12.2. The first kappa shape index (κ1) is 17.1. The van der Waals surface area contributed by atoms with Crippen LogP contribution in [0.5, 0.6) is 0 Å². The Balaban J connectivity index is 1.71. The van der Waals surface area contributed by atoms with Gasteiger partial charge in [0.15, 0.2) is 0 Å². The molecule has 0 saturated heterocycles. The highest BCUT2D eigenvalue weighted by Crippen LogP contribution is 2.29. The summed E-state index contributed by atoms with van der Waals surface area (Å²) in [5.74, 6) is 1.20. The summed E-state index contributed by atoms with van der Waals surface area (Å²) in [7, 11) is 1.44. The number of amides is 2. The van der Waals surface area contributed by atoms with Gasteiger partial charge in [0.05, 0.1) is 13.0 Å². The van der Waals surface area contributed by atoms with Crippen LogP contribution in [0.1, 0.15) is 58.8 Å². The number of carbonyl (C=O) groups excluding carboxylic acids is 2. The van der Waals surface area contributed by atoms with Crippen molar-refractivity contribution in [2.45, 2.75) is 70.9 Å². The van der Waals surface area contributed by atoms with Gasteiger partial charge in [-0.3, -0.25) is 4.79 Å². The van der Waals surface area contributed by atoms with Gasteiger partial charge in [0, 0.05) is 12.1 Å². The first-order chi connectivity index (χ1) is 10.5. The fraction of sp³-hybridized carbons (Fsp3) is 0.882. The third-order valence-corrected chi connectivity index (χ3v) is 5.34. The van der Waals surface area contributed by atoms with Gasteiger partial charge in [0.25, 0.3) is 0 Å². The summed E-state index contributed by atoms with van der Waals surface area (Å²) in [6.45, 7) is 4.51. The van der Waals surface area contributed by atoms with Crippen LogP contribution < -0.4 is 10.6 Å². The highest BCUT2D eigenvalue weighted by Gasteiger charge is 2.29. The van der Waals surface area contributed by atoms with Gasteiger partial charge >= 0.3 is 12.0 Å². The van der Waals surface area contributed by atoms with Gasteiger partial charge in [-0.15, -0.1) is 0 Å². The second-order valence-electron chi connectivity index (χ2n) is 7.19. The zero-order valence-electron chi connectivity index (χ0n) is 14.1. The van der Waals surface area contributed by atoms with E-state index in [1.54, 1.807) is 0 Å². The number of hydrogen-bond donors (Lipinski definition) is 2. The lowest BCUT2D eigenvalue weighted by molar-refractivity contribution is -0.146. The molecule has 0 aromatic carbocycles. The Hall–Kier alpha value is -1.26. The van der Waals surface area contributed by atoms with Gasteiger partial charge in [-0.25, -0.2) is 4.79 Å². The van der Waals surface area contributed by atoms with Crippen molar-refractivity contribution in [1.29, 1.82) is 0 Å². The average Bonchev–Trinajstić information content (AvgIpc) is 2.50. The molecule has 126 valence electrons. The predicted molar refractivity (Wildman–Crippen MR) is 85.4 cm³/mol. The Morgan fingerprint density at radius 3 is 2.23 bits per heavy atom. The van der Waals surface area contributed by atoms with Gasteiger partial charge in [0.2, 0.25) is 0 Å². The summed E-state index contributed by atoms with van der Waals surface area (Å²) in [5, 5.41) is 6.21. The van der Waals surface area contributed by atoms with E-state index in [9.17, 15) is 9.59 Å². The Morgan fingerprint density at radius 1 is 0.955 bits per heavy atom. The van der Waals surface area contributed by atoms with E-state index in [-0.39, 0.29) is 24.0 Å². The number of carbonyl (C=O) groups is 2. The maximum absolute atomic E-state index is 12.2. The molecule has 0 aliphatic heterocycles. The molecule has 0 radical (unpaired) electrons. The molecule has 0 bridgehead atoms. The van der Waals surface area contributed by atoms with E-state index in [1.807, 2.05) is 0 Å². The van der Waals surface area contributed by atoms with Crippen LogP contribution in [0.15, 0.2) is 0 Å². The second kappa shape index (κ2) is 7.84. The molecule has 2 amide bonds. The molecule has 3 atom stereocenters. The summed E-state index contributed by atoms with van der Waals surface area (Å²) in [5.41, 5.74) is 0. The number of hydrogen-bond acceptors (Lipinski definition) is 3. The smallest absolute Gasteiger partial charge is 0.315 e. The van der Waals surface area contributed by atoms with Crippen molar-refractivity contribution < 1.29 is 14.3 Å². The van der Waals surface area contributed by atoms with E-state index in [1.165, 1.54) is 20.0 Å². The average molecular weight is 310 g/mol. The van der Waals surface area contributed by atoms with Crippen molar-refractivity contribution >= 4 is 12.0 Å². The highest BCUT2D eigenvalue weighted by atomic mass is 16.5. The van der Waals surface area contributed by atoms with E-state index in [4.69, 9.17) is 4.74 Å². The molecule has 2 fully saturated rings. The fourth-order valence-corrected chi connectivity index (χ4v) is 3.92. The Labute approximate surface area is 133 Å². The quantitative estimate of drug-likeness (QED) is 0.788. The highest BCUT2D eigenvalue weighted by molar-refractivity contribution is 5.75. The maximum Gasteiger partial charge on any atom is 0.315 e. The van der Waals surface area contributed by atoms with Gasteiger partial charge in [-0.05, 0) is 56.8 Å². The zero-order chi connectivity index (χ0) is 16.1. The Kier molecular flexibility index (Phi) is 6.09. The number of nitrogens with one attached hydrogen (secondary N) is 2. The van der Waals surface area contributed by atoms with Crippen molar-refractivity contribution in [2.24, 2.45) is 17.8 Å². The van der Waals surface area contributed by atoms with Crippen molar-refractivity contribution in [2.75, 3.05) is 7.11 Å². The minimum Gasteiger partial charge on any atom is -0.469 e. The largest absolute Gasteiger partial charge is 0.469 e. The van der Waals surface area contributed by atoms with Crippen LogP contribution in [0.2, 0.25) is 0 Å². The standard InChI is InChI=1S/C17H30N2O3/c1-11-4-9-15(12(2)10-11)19-17(21)18-14-7-5-13(6-8-14)16(20)22-3/h11-15H,4-10H2,1-3H3,(H2,18,19,21)/t11-,12-,13?,14?,15-/m1/s1. The van der Waals surface area contributed by atoms with Crippen LogP contribution in [0.3, 0.4) is 0 Å². The lowest BCUT2D eigenvalue weighted by atomic mass is 9.80. The van der Waals surface area contributed by atoms with E-state index in [0.29, 0.717) is 12.0 Å². The molecule has 0 spiro atoms. The van der Waals surface area contributed by atoms with E-state index >= 15 is 0 Å². The number of urea groups is 1. The van der Waals surface area contributed by atoms with Crippen molar-refractivity contribution in [3.63, 3.8) is 0 Å². The third-order valence-electron chi connectivity index (χ3n) is 5.34. The topological polar surface area (TPSA) is 67.4 Å². The lowest BCUT2D eigenvalue weighted by Gasteiger charge is -2.34. The summed E-state index contributed by atoms with van der Waals surface area (Å²) in [6.07, 6.45) is 6.76. The second-order valence-corrected chi connectivity index (χ2v) is 7.19. The molecule has 2 N–H and O–H groups in total. The molecule has 2 aliphatic rings. The van der Waals surface area contributed by atoms with E-state index in [2.05, 4.69) is 24.5 Å². The molecule has 0 heterocycles. The van der Waals surface area contributed by atoms with Crippen LogP contribution in [0.25, 0.3) is 0 Å². The van der Waals surface area contributed by atoms with Gasteiger partial charge in [-0.2, -0.15) is 0 Å². The molecule has 2 saturated carbocycles. The molecule has 0 unspecified atom stereocenters. The van der Waals surface area contributed by atoms with Gasteiger partial charge in [-0.1, -0.05) is 13.8 Å². The monoisotopic (exact) mass is 310 g/mol. The first-order valence-corrected chi connectivity index (χ1v) is 8.64. The first-order valence-electron chi connectivity index (χ1n) is 8.64. The summed E-state index contributed by atoms with van der Waals surface area (Å²) in [4.78, 5) is 23.7. The molecule has 2 rings (SSSR count). The molecular weight excluding hydrogens is 280 g/mol. The summed E-state index contributed by atoms with van der Waals surface area (Å²) in [6, 6.07) is 0.425. The number of ether oxygens (including phenoxy) is 1. The van der Waals surface area contributed by atoms with Crippen molar-refractivity contribution in [3.8, 4) is 0 Å². The molecule has 0 aromatic rings. The molecular formula is C17H30N2O3. The molecule has 0 aromatic heterocycles. The number of esters is 1. The minimum atomic E-state index is -0.118. The van der Waals surface area contributed by atoms with Gasteiger partial charge < -0.3 is 15.4 Å². The molecule has 5 heteroatoms. The molecule has 22 heavy (non-hydrogen) atoms. The Bertz CT molecular complexity index is 391. The minimum absolute atomic E-state index is 0.00552. The Morgan fingerprint density at radius 2 is 1.64 bits per heavy atom. The van der Waals surface area contributed by atoms with Crippen molar-refractivity contribution in [1.82, 2.24) is 10.6 Å². The normalized spacial score (nSPS) is 35.5. The van der Waals surface area contributed by atoms with E-state index in [0.717, 1.165) is 38.0 Å². The fourth-order valence-electron chi connectivity index (χ4n) is 3.92. The molecule has 5 nitrogen and oxygen atoms in total. The van der Waals surface area contributed by atoms with E-state index < -0.39 is 0 Å². The SMILES string of the molecule is COC(=O)C1CCC(NC(=O)N[C@@H]2CC[C@@H](C)C[C@H]2C)CC1. The van der Waals surface area contributed by atoms with Gasteiger partial charge in [0.1, 0.15) is 0 Å². The van der Waals surface area contributed by atoms with Crippen molar-refractivity contribution in [3.05, 3.63) is 0 Å².